The summed E-state index contributed by atoms with van der Waals surface area (Å²) in [6.07, 6.45) is 10.4. The normalized spacial score (nSPS) is 16.3. The Bertz CT molecular complexity index is 1520. The third kappa shape index (κ3) is 15.0. The number of hydrogen-bond donors (Lipinski definition) is 6. The van der Waals surface area contributed by atoms with E-state index in [4.69, 9.17) is 0 Å². The monoisotopic (exact) mass is 750 g/mol. The van der Waals surface area contributed by atoms with Crippen LogP contribution in [0.15, 0.2) is 18.6 Å². The highest BCUT2D eigenvalue weighted by atomic mass is 32.2. The molecule has 0 aromatic carbocycles. The molecule has 0 radical (unpaired) electrons. The van der Waals surface area contributed by atoms with Gasteiger partial charge < -0.3 is 26.6 Å². The van der Waals surface area contributed by atoms with E-state index < -0.39 is 82.0 Å². The molecule has 52 heavy (non-hydrogen) atoms. The van der Waals surface area contributed by atoms with Crippen LogP contribution in [0.4, 0.5) is 0 Å². The van der Waals surface area contributed by atoms with Crippen LogP contribution < -0.4 is 31.3 Å². The van der Waals surface area contributed by atoms with Crippen molar-refractivity contribution in [2.75, 3.05) is 12.8 Å². The van der Waals surface area contributed by atoms with Gasteiger partial charge in [0.05, 0.1) is 25.0 Å². The van der Waals surface area contributed by atoms with Gasteiger partial charge in [0.15, 0.2) is 0 Å². The van der Waals surface area contributed by atoms with Crippen molar-refractivity contribution in [3.05, 3.63) is 24.3 Å². The topological polar surface area (TPSA) is 252 Å². The molecule has 1 heterocycles. The van der Waals surface area contributed by atoms with Crippen molar-refractivity contribution < 1.29 is 42.0 Å². The van der Waals surface area contributed by atoms with Gasteiger partial charge in [-0.15, -0.1) is 0 Å². The van der Waals surface area contributed by atoms with E-state index in [0.717, 1.165) is 38.4 Å². The van der Waals surface area contributed by atoms with Gasteiger partial charge >= 0.3 is 0 Å². The minimum Gasteiger partial charge on any atom is -0.344 e. The molecule has 17 nitrogen and oxygen atoms in total. The second kappa shape index (κ2) is 21.1. The van der Waals surface area contributed by atoms with Gasteiger partial charge in [-0.2, -0.15) is 0 Å². The summed E-state index contributed by atoms with van der Waals surface area (Å²) in [5, 5.41) is 12.9. The Morgan fingerprint density at radius 2 is 1.44 bits per heavy atom. The van der Waals surface area contributed by atoms with Gasteiger partial charge in [0.1, 0.15) is 23.8 Å². The lowest BCUT2D eigenvalue weighted by Crippen LogP contribution is -2.60. The van der Waals surface area contributed by atoms with Gasteiger partial charge in [-0.3, -0.25) is 43.3 Å². The number of carbonyl (C=O) groups excluding carboxylic acids is 7. The molecular weight excluding hydrogens is 696 g/mol. The first-order valence-corrected chi connectivity index (χ1v) is 19.6. The summed E-state index contributed by atoms with van der Waals surface area (Å²) in [5.74, 6) is -6.13. The Morgan fingerprint density at radius 1 is 0.808 bits per heavy atom. The molecule has 1 aliphatic rings. The maximum Gasteiger partial charge on any atom is 0.290 e. The van der Waals surface area contributed by atoms with E-state index in [1.807, 2.05) is 20.8 Å². The first-order chi connectivity index (χ1) is 24.4. The molecule has 290 valence electrons. The SMILES string of the molecule is CC[C@H](NC(=O)[C@H](CC1CCCCC1)NC(=O)[C@@H](NC(=O)[C@H](CC(C)C)NC(=O)c1cnccn1)[C@@H](C)CC)C(=O)C(=O)NCC(=O)NS(C)(=O)=O. The highest BCUT2D eigenvalue weighted by molar-refractivity contribution is 7.89. The number of amides is 6. The highest BCUT2D eigenvalue weighted by Gasteiger charge is 2.35. The van der Waals surface area contributed by atoms with Gasteiger partial charge in [0, 0.05) is 12.4 Å². The second-order valence-corrected chi connectivity index (χ2v) is 15.5. The van der Waals surface area contributed by atoms with Crippen molar-refractivity contribution >= 4 is 51.2 Å². The summed E-state index contributed by atoms with van der Waals surface area (Å²) in [4.78, 5) is 99.4. The quantitative estimate of drug-likeness (QED) is 0.0987. The summed E-state index contributed by atoms with van der Waals surface area (Å²) in [6, 6.07) is -4.52. The predicted octanol–water partition coefficient (Wildman–Crippen LogP) is 0.263. The number of carbonyl (C=O) groups is 7. The van der Waals surface area contributed by atoms with Gasteiger partial charge in [-0.05, 0) is 37.0 Å². The third-order valence-electron chi connectivity index (χ3n) is 8.82. The number of aromatic nitrogens is 2. The molecule has 0 unspecified atom stereocenters. The lowest BCUT2D eigenvalue weighted by molar-refractivity contribution is -0.141. The van der Waals surface area contributed by atoms with E-state index in [9.17, 15) is 42.0 Å². The van der Waals surface area contributed by atoms with E-state index in [1.165, 1.54) is 18.6 Å². The fourth-order valence-corrected chi connectivity index (χ4v) is 6.32. The molecule has 0 bridgehead atoms. The number of sulfonamides is 1. The van der Waals surface area contributed by atoms with E-state index >= 15 is 0 Å². The zero-order chi connectivity index (χ0) is 39.0. The lowest BCUT2D eigenvalue weighted by atomic mass is 9.84. The average Bonchev–Trinajstić information content (AvgIpc) is 3.10. The Morgan fingerprint density at radius 3 is 2.00 bits per heavy atom. The molecule has 1 fully saturated rings. The fraction of sp³-hybridized carbons (Fsp3) is 0.676. The largest absolute Gasteiger partial charge is 0.344 e. The van der Waals surface area contributed by atoms with Crippen LogP contribution in [0.1, 0.15) is 103 Å². The van der Waals surface area contributed by atoms with Crippen molar-refractivity contribution in [3.8, 4) is 0 Å². The van der Waals surface area contributed by atoms with Crippen LogP contribution in [0.25, 0.3) is 0 Å². The maximum atomic E-state index is 13.9. The summed E-state index contributed by atoms with van der Waals surface area (Å²) in [6.45, 7) is 8.17. The average molecular weight is 751 g/mol. The number of nitrogens with zero attached hydrogens (tertiary/aromatic N) is 2. The minimum atomic E-state index is -3.88. The summed E-state index contributed by atoms with van der Waals surface area (Å²) >= 11 is 0. The molecule has 18 heteroatoms. The molecule has 1 saturated carbocycles. The van der Waals surface area contributed by atoms with E-state index in [2.05, 4.69) is 36.6 Å². The molecule has 6 amide bonds. The Balaban J connectivity index is 2.25. The number of ketones is 1. The van der Waals surface area contributed by atoms with Gasteiger partial charge in [-0.25, -0.2) is 13.4 Å². The van der Waals surface area contributed by atoms with Gasteiger partial charge in [0.25, 0.3) is 17.7 Å². The van der Waals surface area contributed by atoms with Crippen LogP contribution in [0.3, 0.4) is 0 Å². The van der Waals surface area contributed by atoms with Crippen molar-refractivity contribution in [3.63, 3.8) is 0 Å². The lowest BCUT2D eigenvalue weighted by Gasteiger charge is -2.31. The van der Waals surface area contributed by atoms with E-state index in [1.54, 1.807) is 18.6 Å². The molecule has 6 N–H and O–H groups in total. The van der Waals surface area contributed by atoms with Crippen LogP contribution in [0, 0.1) is 17.8 Å². The number of nitrogens with one attached hydrogen (secondary N) is 6. The van der Waals surface area contributed by atoms with Crippen LogP contribution in [-0.4, -0.2) is 96.6 Å². The molecule has 5 atom stereocenters. The Hall–Kier alpha value is -4.48. The van der Waals surface area contributed by atoms with Crippen molar-refractivity contribution in [2.45, 2.75) is 117 Å². The minimum absolute atomic E-state index is 0.000693. The third-order valence-corrected chi connectivity index (χ3v) is 9.42. The maximum absolute atomic E-state index is 13.9. The van der Waals surface area contributed by atoms with Crippen molar-refractivity contribution in [1.29, 1.82) is 0 Å². The number of rotatable bonds is 20. The Kier molecular flexibility index (Phi) is 17.8. The van der Waals surface area contributed by atoms with Crippen LogP contribution in [0.5, 0.6) is 0 Å². The zero-order valence-corrected chi connectivity index (χ0v) is 31.6. The van der Waals surface area contributed by atoms with Crippen molar-refractivity contribution in [2.24, 2.45) is 17.8 Å². The summed E-state index contributed by atoms with van der Waals surface area (Å²) in [5.41, 5.74) is 0.0237. The standard InChI is InChI=1S/C34H54N8O9S/c1-7-21(5)28(41-31(46)24(16-20(3)4)39-32(47)26-18-35-14-15-36-26)33(48)40-25(17-22-12-10-9-11-13-22)30(45)38-23(8-2)29(44)34(49)37-19-27(43)42-52(6,50)51/h14-15,18,20-25,28H,7-13,16-17,19H2,1-6H3,(H,37,49)(H,38,45)(H,39,47)(H,40,48)(H,41,46)(H,42,43)/t21-,23-,24-,25-,28-/m0/s1. The van der Waals surface area contributed by atoms with Gasteiger partial charge in [0.2, 0.25) is 33.5 Å². The van der Waals surface area contributed by atoms with E-state index in [-0.39, 0.29) is 42.7 Å². The van der Waals surface area contributed by atoms with Crippen molar-refractivity contribution in [1.82, 2.24) is 41.3 Å². The number of Topliss-reactive ketones (excluding diaryl/α,β-unsaturated/α-hetero) is 1. The smallest absolute Gasteiger partial charge is 0.290 e. The first-order valence-electron chi connectivity index (χ1n) is 17.8. The molecule has 1 aromatic heterocycles. The summed E-state index contributed by atoms with van der Waals surface area (Å²) in [7, 11) is -3.88. The number of hydrogen-bond acceptors (Lipinski definition) is 11. The Labute approximate surface area is 305 Å². The van der Waals surface area contributed by atoms with E-state index in [0.29, 0.717) is 6.42 Å². The molecule has 1 aromatic rings. The zero-order valence-electron chi connectivity index (χ0n) is 30.8. The van der Waals surface area contributed by atoms with Crippen LogP contribution in [0.2, 0.25) is 0 Å². The van der Waals surface area contributed by atoms with Crippen LogP contribution >= 0.6 is 0 Å². The van der Waals surface area contributed by atoms with Gasteiger partial charge in [-0.1, -0.05) is 73.1 Å². The van der Waals surface area contributed by atoms with Crippen LogP contribution in [-0.2, 0) is 38.8 Å². The highest BCUT2D eigenvalue weighted by Crippen LogP contribution is 2.27. The first kappa shape index (κ1) is 43.7. The molecular formula is C34H54N8O9S. The molecule has 0 aliphatic heterocycles. The second-order valence-electron chi connectivity index (χ2n) is 13.7. The predicted molar refractivity (Wildman–Crippen MR) is 190 cm³/mol. The molecule has 2 rings (SSSR count). The molecule has 1 aliphatic carbocycles. The molecule has 0 spiro atoms. The summed E-state index contributed by atoms with van der Waals surface area (Å²) < 4.78 is 24.2. The fourth-order valence-electron chi connectivity index (χ4n) is 5.83. The molecule has 0 saturated heterocycles.